The second-order valence-corrected chi connectivity index (χ2v) is 10.6. The van der Waals surface area contributed by atoms with Crippen LogP contribution in [0.25, 0.3) is 22.3 Å². The molecule has 2 aromatic carbocycles. The number of rotatable bonds is 10. The van der Waals surface area contributed by atoms with Crippen LogP contribution in [0.2, 0.25) is 0 Å². The van der Waals surface area contributed by atoms with Crippen LogP contribution in [0.4, 0.5) is 8.78 Å². The van der Waals surface area contributed by atoms with Gasteiger partial charge in [0, 0.05) is 35.9 Å². The van der Waals surface area contributed by atoms with E-state index in [1.165, 1.54) is 19.2 Å². The van der Waals surface area contributed by atoms with E-state index in [2.05, 4.69) is 15.0 Å². The summed E-state index contributed by atoms with van der Waals surface area (Å²) in [6.45, 7) is 2.88. The fourth-order valence-electron chi connectivity index (χ4n) is 5.18. The fourth-order valence-corrected chi connectivity index (χ4v) is 5.18. The zero-order valence-corrected chi connectivity index (χ0v) is 24.4. The number of hydrogen-bond donors (Lipinski definition) is 1. The number of carboxylic acids is 1. The Morgan fingerprint density at radius 2 is 1.93 bits per heavy atom. The van der Waals surface area contributed by atoms with E-state index in [4.69, 9.17) is 19.5 Å². The van der Waals surface area contributed by atoms with E-state index in [1.807, 2.05) is 6.07 Å². The van der Waals surface area contributed by atoms with Crippen molar-refractivity contribution in [1.82, 2.24) is 19.5 Å². The van der Waals surface area contributed by atoms with Crippen molar-refractivity contribution in [2.75, 3.05) is 13.7 Å². The van der Waals surface area contributed by atoms with Gasteiger partial charge in [-0.25, -0.2) is 28.5 Å². The number of carboxylic acid groups (broad SMARTS) is 1. The topological polar surface area (TPSA) is 132 Å². The van der Waals surface area contributed by atoms with Gasteiger partial charge in [-0.3, -0.25) is 0 Å². The molecule has 0 bridgehead atoms. The maximum absolute atomic E-state index is 15.6. The van der Waals surface area contributed by atoms with Crippen molar-refractivity contribution in [3.63, 3.8) is 0 Å². The fraction of sp³-hybridized carbons (Fsp3) is 0.242. The molecule has 0 radical (unpaired) electrons. The van der Waals surface area contributed by atoms with Gasteiger partial charge < -0.3 is 23.9 Å². The molecule has 0 unspecified atom stereocenters. The quantitative estimate of drug-likeness (QED) is 0.214. The van der Waals surface area contributed by atoms with Crippen molar-refractivity contribution in [1.29, 1.82) is 5.26 Å². The van der Waals surface area contributed by atoms with Gasteiger partial charge in [0.15, 0.2) is 0 Å². The molecule has 1 aliphatic heterocycles. The molecule has 1 aliphatic rings. The van der Waals surface area contributed by atoms with Crippen LogP contribution < -0.4 is 9.47 Å². The molecular formula is C33H27F2N5O5. The first-order valence-electron chi connectivity index (χ1n) is 14.1. The van der Waals surface area contributed by atoms with Crippen LogP contribution in [-0.2, 0) is 24.3 Å². The van der Waals surface area contributed by atoms with E-state index >= 15 is 8.78 Å². The molecule has 0 amide bonds. The van der Waals surface area contributed by atoms with Crippen LogP contribution in [0, 0.1) is 29.9 Å². The third kappa shape index (κ3) is 6.03. The number of aromatic carboxylic acids is 1. The van der Waals surface area contributed by atoms with Crippen molar-refractivity contribution in [2.24, 2.45) is 0 Å². The summed E-state index contributed by atoms with van der Waals surface area (Å²) in [5, 5.41) is 18.6. The monoisotopic (exact) mass is 611 g/mol. The van der Waals surface area contributed by atoms with Gasteiger partial charge in [0.05, 0.1) is 36.5 Å². The lowest BCUT2D eigenvalue weighted by Gasteiger charge is -2.27. The van der Waals surface area contributed by atoms with Gasteiger partial charge >= 0.3 is 5.97 Å². The first kappa shape index (κ1) is 29.7. The summed E-state index contributed by atoms with van der Waals surface area (Å²) in [5.41, 5.74) is 2.85. The summed E-state index contributed by atoms with van der Waals surface area (Å²) in [6.07, 6.45) is 0.638. The molecule has 1 N–H and O–H groups in total. The van der Waals surface area contributed by atoms with Gasteiger partial charge in [-0.1, -0.05) is 12.1 Å². The average Bonchev–Trinajstić information content (AvgIpc) is 3.36. The van der Waals surface area contributed by atoms with Crippen LogP contribution in [0.1, 0.15) is 45.1 Å². The minimum atomic E-state index is -1.13. The molecule has 3 aromatic heterocycles. The minimum absolute atomic E-state index is 0.0190. The lowest BCUT2D eigenvalue weighted by Crippen LogP contribution is -2.31. The number of halogens is 2. The molecule has 1 saturated heterocycles. The zero-order chi connectivity index (χ0) is 31.7. The molecule has 12 heteroatoms. The molecule has 4 heterocycles. The standard InChI is InChI=1S/C33H27F2N5O5/c1-18-19(6-7-22(15-36)37-18)17-45-31-5-3-4-27(38-31)24-14-25(34)20(10-26(24)35)13-30-39-32-28(40(30)16-23-8-9-44-23)11-21(33(41)42)12-29(32)43-2/h3-7,10-12,14,23H,8-9,13,16-17H2,1-2H3,(H,41,42)/t23-/m0/s1. The number of ether oxygens (including phenoxy) is 3. The highest BCUT2D eigenvalue weighted by Crippen LogP contribution is 2.32. The van der Waals surface area contributed by atoms with E-state index in [0.717, 1.165) is 24.1 Å². The van der Waals surface area contributed by atoms with Gasteiger partial charge in [0.25, 0.3) is 0 Å². The predicted octanol–water partition coefficient (Wildman–Crippen LogP) is 5.62. The van der Waals surface area contributed by atoms with Gasteiger partial charge in [-0.2, -0.15) is 5.26 Å². The molecule has 6 rings (SSSR count). The van der Waals surface area contributed by atoms with Crippen molar-refractivity contribution in [3.8, 4) is 29.0 Å². The Bertz CT molecular complexity index is 1980. The van der Waals surface area contributed by atoms with Crippen molar-refractivity contribution in [2.45, 2.75) is 39.0 Å². The van der Waals surface area contributed by atoms with E-state index in [-0.39, 0.29) is 53.1 Å². The number of nitrogens with zero attached hydrogens (tertiary/aromatic N) is 5. The molecule has 10 nitrogen and oxygen atoms in total. The number of aryl methyl sites for hydroxylation is 1. The summed E-state index contributed by atoms with van der Waals surface area (Å²) in [5.74, 6) is -1.58. The maximum Gasteiger partial charge on any atom is 0.335 e. The summed E-state index contributed by atoms with van der Waals surface area (Å²) in [6, 6.07) is 15.2. The van der Waals surface area contributed by atoms with Crippen LogP contribution in [0.15, 0.2) is 54.6 Å². The molecule has 0 saturated carbocycles. The van der Waals surface area contributed by atoms with Crippen molar-refractivity contribution < 1.29 is 32.9 Å². The Labute approximate surface area is 256 Å². The predicted molar refractivity (Wildman–Crippen MR) is 158 cm³/mol. The van der Waals surface area contributed by atoms with Gasteiger partial charge in [0.1, 0.15) is 47.1 Å². The second kappa shape index (κ2) is 12.3. The molecule has 45 heavy (non-hydrogen) atoms. The summed E-state index contributed by atoms with van der Waals surface area (Å²) in [4.78, 5) is 25.0. The Kier molecular flexibility index (Phi) is 8.10. The third-order valence-corrected chi connectivity index (χ3v) is 7.71. The summed E-state index contributed by atoms with van der Waals surface area (Å²) in [7, 11) is 1.42. The Hall–Kier alpha value is -5.41. The molecule has 0 spiro atoms. The number of nitriles is 1. The number of fused-ring (bicyclic) bond motifs is 1. The van der Waals surface area contributed by atoms with Crippen LogP contribution in [0.3, 0.4) is 0 Å². The summed E-state index contributed by atoms with van der Waals surface area (Å²) >= 11 is 0. The second-order valence-electron chi connectivity index (χ2n) is 10.6. The highest BCUT2D eigenvalue weighted by Gasteiger charge is 2.25. The maximum atomic E-state index is 15.6. The van der Waals surface area contributed by atoms with E-state index in [1.54, 1.807) is 41.8 Å². The van der Waals surface area contributed by atoms with Crippen LogP contribution >= 0.6 is 0 Å². The summed E-state index contributed by atoms with van der Waals surface area (Å²) < 4.78 is 49.8. The number of benzene rings is 2. The van der Waals surface area contributed by atoms with Crippen molar-refractivity contribution in [3.05, 3.63) is 100 Å². The van der Waals surface area contributed by atoms with Crippen molar-refractivity contribution >= 4 is 17.0 Å². The lowest BCUT2D eigenvalue weighted by atomic mass is 10.0. The van der Waals surface area contributed by atoms with Gasteiger partial charge in [0.2, 0.25) is 5.88 Å². The first-order valence-corrected chi connectivity index (χ1v) is 14.1. The molecule has 5 aromatic rings. The normalized spacial score (nSPS) is 14.2. The smallest absolute Gasteiger partial charge is 0.335 e. The van der Waals surface area contributed by atoms with Gasteiger partial charge in [-0.15, -0.1) is 0 Å². The number of imidazole rings is 1. The number of carbonyl (C=O) groups is 1. The van der Waals surface area contributed by atoms with E-state index < -0.39 is 17.6 Å². The number of hydrogen-bond acceptors (Lipinski definition) is 8. The Morgan fingerprint density at radius 1 is 1.11 bits per heavy atom. The SMILES string of the molecule is COc1cc(C(=O)O)cc2c1nc(Cc1cc(F)c(-c3cccc(OCc4ccc(C#N)nc4C)n3)cc1F)n2C[C@@H]1CCO1. The highest BCUT2D eigenvalue weighted by molar-refractivity contribution is 5.95. The number of methoxy groups -OCH3 is 1. The Balaban J connectivity index is 1.29. The molecule has 0 aliphatic carbocycles. The molecule has 1 fully saturated rings. The highest BCUT2D eigenvalue weighted by atomic mass is 19.1. The van der Waals surface area contributed by atoms with E-state index in [9.17, 15) is 9.90 Å². The average molecular weight is 612 g/mol. The third-order valence-electron chi connectivity index (χ3n) is 7.71. The molecule has 228 valence electrons. The van der Waals surface area contributed by atoms with Crippen LogP contribution in [0.5, 0.6) is 11.6 Å². The Morgan fingerprint density at radius 3 is 2.62 bits per heavy atom. The molecular weight excluding hydrogens is 584 g/mol. The first-order chi connectivity index (χ1) is 21.7. The minimum Gasteiger partial charge on any atom is -0.494 e. The van der Waals surface area contributed by atoms with E-state index in [0.29, 0.717) is 41.4 Å². The van der Waals surface area contributed by atoms with Crippen LogP contribution in [-0.4, -0.2) is 50.4 Å². The largest absolute Gasteiger partial charge is 0.494 e. The lowest BCUT2D eigenvalue weighted by molar-refractivity contribution is -0.0589. The van der Waals surface area contributed by atoms with Gasteiger partial charge in [-0.05, 0) is 55.3 Å². The molecule has 1 atom stereocenters. The number of pyridine rings is 2. The number of aromatic nitrogens is 4. The zero-order valence-electron chi connectivity index (χ0n) is 24.4.